The Kier molecular flexibility index (Phi) is 7.15. The molecule has 186 valence electrons. The van der Waals surface area contributed by atoms with Crippen LogP contribution in [0.25, 0.3) is 10.4 Å². The van der Waals surface area contributed by atoms with Crippen LogP contribution in [-0.2, 0) is 5.60 Å². The lowest BCUT2D eigenvalue weighted by Gasteiger charge is -2.36. The van der Waals surface area contributed by atoms with Crippen molar-refractivity contribution >= 4 is 28.1 Å². The summed E-state index contributed by atoms with van der Waals surface area (Å²) in [4.78, 5) is 16.6. The minimum Gasteiger partial charge on any atom is -0.388 e. The zero-order chi connectivity index (χ0) is 25.3. The second-order valence-corrected chi connectivity index (χ2v) is 9.48. The van der Waals surface area contributed by atoms with Gasteiger partial charge in [0.05, 0.1) is 22.9 Å². The summed E-state index contributed by atoms with van der Waals surface area (Å²) in [5.41, 5.74) is 4.00. The van der Waals surface area contributed by atoms with Gasteiger partial charge in [0.15, 0.2) is 0 Å². The molecule has 3 unspecified atom stereocenters. The molecule has 1 saturated heterocycles. The Morgan fingerprint density at radius 1 is 1.34 bits per heavy atom. The number of nitrogens with two attached hydrogens (primary N) is 1. The van der Waals surface area contributed by atoms with Crippen molar-refractivity contribution in [2.24, 2.45) is 5.73 Å². The van der Waals surface area contributed by atoms with Crippen LogP contribution in [0, 0.1) is 11.6 Å². The molecule has 11 heteroatoms. The summed E-state index contributed by atoms with van der Waals surface area (Å²) < 4.78 is 29.7. The Morgan fingerprint density at radius 3 is 2.69 bits per heavy atom. The molecule has 0 aliphatic carbocycles. The van der Waals surface area contributed by atoms with E-state index in [0.29, 0.717) is 13.0 Å². The van der Waals surface area contributed by atoms with Crippen LogP contribution in [0.3, 0.4) is 0 Å². The van der Waals surface area contributed by atoms with Crippen molar-refractivity contribution in [2.75, 3.05) is 18.4 Å². The molecule has 0 saturated carbocycles. The molecule has 0 radical (unpaired) electrons. The van der Waals surface area contributed by atoms with Gasteiger partial charge in [-0.15, -0.1) is 11.3 Å². The molecule has 1 aromatic carbocycles. The molecule has 7 N–H and O–H groups in total. The van der Waals surface area contributed by atoms with Crippen LogP contribution in [0.4, 0.5) is 19.6 Å². The third-order valence-corrected chi connectivity index (χ3v) is 7.15. The molecule has 2 aromatic heterocycles. The van der Waals surface area contributed by atoms with Gasteiger partial charge >= 0.3 is 0 Å². The summed E-state index contributed by atoms with van der Waals surface area (Å²) in [6, 6.07) is 8.24. The number of halogens is 2. The lowest BCUT2D eigenvalue weighted by molar-refractivity contribution is -0.100. The largest absolute Gasteiger partial charge is 0.388 e. The number of β-amino-alcohol motifs (C(OH)–C–C–N with tert-alkyl or cyclic N) is 1. The maximum Gasteiger partial charge on any atom is 0.251 e. The Morgan fingerprint density at radius 2 is 2.06 bits per heavy atom. The normalized spacial score (nSPS) is 21.0. The summed E-state index contributed by atoms with van der Waals surface area (Å²) in [6.45, 7) is 2.40. The maximum atomic E-state index is 14.9. The molecule has 0 bridgehead atoms. The number of carbonyl (C=O) groups excluding carboxylic acids is 1. The summed E-state index contributed by atoms with van der Waals surface area (Å²) in [6.07, 6.45) is -1.51. The maximum absolute atomic E-state index is 14.9. The predicted octanol–water partition coefficient (Wildman–Crippen LogP) is 2.92. The average molecular weight is 505 g/mol. The molecule has 3 heterocycles. The zero-order valence-electron chi connectivity index (χ0n) is 18.9. The van der Waals surface area contributed by atoms with E-state index in [1.54, 1.807) is 25.1 Å². The average Bonchev–Trinajstić information content (AvgIpc) is 3.23. The Labute approximate surface area is 204 Å². The lowest BCUT2D eigenvalue weighted by Crippen LogP contribution is -2.52. The van der Waals surface area contributed by atoms with Crippen molar-refractivity contribution in [3.05, 3.63) is 64.9 Å². The molecule has 3 aromatic rings. The number of aromatic nitrogens is 1. The molecule has 8 nitrogen and oxygen atoms in total. The molecule has 4 rings (SSSR count). The van der Waals surface area contributed by atoms with E-state index in [4.69, 9.17) is 5.73 Å². The molecule has 1 aliphatic rings. The minimum atomic E-state index is -1.55. The van der Waals surface area contributed by atoms with E-state index in [1.165, 1.54) is 6.07 Å². The van der Waals surface area contributed by atoms with Crippen molar-refractivity contribution in [3.8, 4) is 10.4 Å². The minimum absolute atomic E-state index is 0.00860. The fourth-order valence-electron chi connectivity index (χ4n) is 4.06. The summed E-state index contributed by atoms with van der Waals surface area (Å²) >= 11 is 0.909. The van der Waals surface area contributed by atoms with E-state index >= 15 is 0 Å². The van der Waals surface area contributed by atoms with Crippen molar-refractivity contribution < 1.29 is 28.9 Å². The number of amides is 1. The molecule has 1 amide bonds. The van der Waals surface area contributed by atoms with Crippen LogP contribution in [0.5, 0.6) is 0 Å². The first kappa shape index (κ1) is 25.1. The van der Waals surface area contributed by atoms with E-state index in [0.717, 1.165) is 23.5 Å². The van der Waals surface area contributed by atoms with Gasteiger partial charge < -0.3 is 31.7 Å². The number of anilines is 2. The first-order valence-corrected chi connectivity index (χ1v) is 11.9. The van der Waals surface area contributed by atoms with Gasteiger partial charge in [0.1, 0.15) is 34.2 Å². The van der Waals surface area contributed by atoms with Gasteiger partial charge in [-0.1, -0.05) is 13.0 Å². The van der Waals surface area contributed by atoms with Crippen LogP contribution >= 0.6 is 11.3 Å². The van der Waals surface area contributed by atoms with Crippen molar-refractivity contribution in [1.82, 2.24) is 10.3 Å². The van der Waals surface area contributed by atoms with Gasteiger partial charge in [-0.3, -0.25) is 4.79 Å². The second-order valence-electron chi connectivity index (χ2n) is 8.43. The highest BCUT2D eigenvalue weighted by molar-refractivity contribution is 7.20. The number of pyridine rings is 1. The van der Waals surface area contributed by atoms with Gasteiger partial charge in [0.2, 0.25) is 0 Å². The van der Waals surface area contributed by atoms with E-state index in [-0.39, 0.29) is 51.0 Å². The zero-order valence-corrected chi connectivity index (χ0v) is 19.7. The number of primary amides is 1. The molecule has 3 atom stereocenters. The highest BCUT2D eigenvalue weighted by Gasteiger charge is 2.41. The number of piperidine rings is 1. The van der Waals surface area contributed by atoms with Gasteiger partial charge in [-0.25, -0.2) is 13.8 Å². The van der Waals surface area contributed by atoms with Crippen molar-refractivity contribution in [2.45, 2.75) is 37.6 Å². The first-order chi connectivity index (χ1) is 16.6. The number of hydrogen-bond acceptors (Lipinski definition) is 8. The third kappa shape index (κ3) is 4.91. The number of carbonyl (C=O) groups is 1. The van der Waals surface area contributed by atoms with Crippen LogP contribution in [0.1, 0.15) is 47.5 Å². The molecule has 35 heavy (non-hydrogen) atoms. The van der Waals surface area contributed by atoms with Gasteiger partial charge in [-0.05, 0) is 55.3 Å². The smallest absolute Gasteiger partial charge is 0.251 e. The number of aliphatic hydroxyl groups is 3. The number of nitrogens with one attached hydrogen (secondary N) is 2. The summed E-state index contributed by atoms with van der Waals surface area (Å²) in [5, 5.41) is 37.4. The highest BCUT2D eigenvalue weighted by Crippen LogP contribution is 2.40. The predicted molar refractivity (Wildman–Crippen MR) is 128 cm³/mol. The summed E-state index contributed by atoms with van der Waals surface area (Å²) in [7, 11) is 0. The van der Waals surface area contributed by atoms with E-state index < -0.39 is 35.4 Å². The van der Waals surface area contributed by atoms with Gasteiger partial charge in [-0.2, -0.15) is 0 Å². The Bertz CT molecular complexity index is 1230. The lowest BCUT2D eigenvalue weighted by atomic mass is 9.86. The third-order valence-electron chi connectivity index (χ3n) is 6.09. The van der Waals surface area contributed by atoms with E-state index in [2.05, 4.69) is 15.6 Å². The monoisotopic (exact) mass is 504 g/mol. The summed E-state index contributed by atoms with van der Waals surface area (Å²) in [5.74, 6) is -2.31. The Hall–Kier alpha value is -2.96. The number of benzene rings is 1. The van der Waals surface area contributed by atoms with Crippen molar-refractivity contribution in [1.29, 1.82) is 0 Å². The van der Waals surface area contributed by atoms with Crippen molar-refractivity contribution in [3.63, 3.8) is 0 Å². The van der Waals surface area contributed by atoms with Crippen LogP contribution in [0.15, 0.2) is 36.4 Å². The van der Waals surface area contributed by atoms with Gasteiger partial charge in [0, 0.05) is 11.4 Å². The fraction of sp³-hybridized carbons (Fsp3) is 0.333. The number of hydrogen-bond donors (Lipinski definition) is 6. The van der Waals surface area contributed by atoms with Gasteiger partial charge in [0.25, 0.3) is 5.91 Å². The molecule has 1 aliphatic heterocycles. The molecular weight excluding hydrogens is 478 g/mol. The van der Waals surface area contributed by atoms with E-state index in [9.17, 15) is 28.9 Å². The van der Waals surface area contributed by atoms with Crippen LogP contribution in [0.2, 0.25) is 0 Å². The number of aliphatic hydroxyl groups excluding tert-OH is 2. The first-order valence-electron chi connectivity index (χ1n) is 11.1. The Balaban J connectivity index is 1.69. The molecule has 0 spiro atoms. The van der Waals surface area contributed by atoms with Crippen LogP contribution in [-0.4, -0.2) is 45.4 Å². The number of nitrogens with zero attached hydrogens (tertiary/aromatic N) is 1. The molecule has 1 fully saturated rings. The SMILES string of the molecule is CCC(O)c1cc(F)c(-c2cc(C(N)=O)c(Nc3cccc(C4(O)CCNCC4O)n3)s2)c(F)c1. The molecular formula is C24H26F2N4O4S. The fourth-order valence-corrected chi connectivity index (χ4v) is 5.18. The van der Waals surface area contributed by atoms with E-state index in [1.807, 2.05) is 0 Å². The number of thiophene rings is 1. The second kappa shape index (κ2) is 9.96. The standard InChI is InChI=1S/C24H26F2N4O4S/c1-2-16(31)12-8-14(25)21(15(26)9-12)17-10-13(22(27)33)23(35-17)30-20-5-3-4-18(29-20)24(34)6-7-28-11-19(24)32/h3-5,8-10,16,19,28,31-32,34H,2,6-7,11H2,1H3,(H2,27,33)(H,29,30). The van der Waals surface area contributed by atoms with Crippen LogP contribution < -0.4 is 16.4 Å². The number of rotatable bonds is 7. The topological polar surface area (TPSA) is 141 Å². The quantitative estimate of drug-likeness (QED) is 0.291. The highest BCUT2D eigenvalue weighted by atomic mass is 32.1.